The molecule has 1 N–H and O–H groups in total. The summed E-state index contributed by atoms with van der Waals surface area (Å²) in [5.41, 5.74) is 1.18. The highest BCUT2D eigenvalue weighted by Crippen LogP contribution is 2.31. The molecule has 0 radical (unpaired) electrons. The van der Waals surface area contributed by atoms with Crippen LogP contribution in [0.15, 0.2) is 35.2 Å². The summed E-state index contributed by atoms with van der Waals surface area (Å²) in [6, 6.07) is 5.01. The summed E-state index contributed by atoms with van der Waals surface area (Å²) in [6.45, 7) is 5.27. The van der Waals surface area contributed by atoms with Gasteiger partial charge >= 0.3 is 12.4 Å². The lowest BCUT2D eigenvalue weighted by Crippen LogP contribution is -2.49. The second-order valence-electron chi connectivity index (χ2n) is 9.22. The van der Waals surface area contributed by atoms with E-state index in [0.717, 1.165) is 32.5 Å². The maximum atomic E-state index is 12.9. The zero-order valence-corrected chi connectivity index (χ0v) is 19.0. The van der Waals surface area contributed by atoms with Crippen LogP contribution in [0.25, 0.3) is 0 Å². The number of ether oxygens (including phenoxy) is 2. The van der Waals surface area contributed by atoms with Crippen LogP contribution < -0.4 is 10.1 Å². The van der Waals surface area contributed by atoms with Gasteiger partial charge in [0.2, 0.25) is 0 Å². The van der Waals surface area contributed by atoms with Gasteiger partial charge in [-0.15, -0.1) is 13.2 Å². The topological polar surface area (TPSA) is 69.6 Å². The molecule has 34 heavy (non-hydrogen) atoms. The molecule has 2 saturated heterocycles. The van der Waals surface area contributed by atoms with Crippen molar-refractivity contribution < 1.29 is 27.4 Å². The first kappa shape index (κ1) is 23.0. The van der Waals surface area contributed by atoms with Gasteiger partial charge in [0.1, 0.15) is 18.3 Å². The molecule has 184 valence electrons. The number of rotatable bonds is 5. The van der Waals surface area contributed by atoms with Crippen molar-refractivity contribution in [3.8, 4) is 5.75 Å². The number of amides is 2. The number of amidine groups is 1. The first-order valence-electron chi connectivity index (χ1n) is 11.6. The number of carbonyl (C=O) groups excluding carboxylic acids is 1. The number of hydrogen-bond donors (Lipinski definition) is 1. The lowest BCUT2D eigenvalue weighted by atomic mass is 10.1. The van der Waals surface area contributed by atoms with E-state index in [-0.39, 0.29) is 17.7 Å². The normalized spacial score (nSPS) is 24.1. The van der Waals surface area contributed by atoms with Gasteiger partial charge < -0.3 is 14.4 Å². The highest BCUT2D eigenvalue weighted by molar-refractivity contribution is 6.02. The van der Waals surface area contributed by atoms with Gasteiger partial charge in [-0.3, -0.25) is 15.1 Å². The summed E-state index contributed by atoms with van der Waals surface area (Å²) in [6.07, 6.45) is -0.179. The average Bonchev–Trinajstić information content (AvgIpc) is 3.43. The van der Waals surface area contributed by atoms with Crippen LogP contribution in [-0.2, 0) is 11.3 Å². The van der Waals surface area contributed by atoms with Crippen LogP contribution in [-0.4, -0.2) is 71.9 Å². The first-order chi connectivity index (χ1) is 16.2. The van der Waals surface area contributed by atoms with Gasteiger partial charge in [-0.25, -0.2) is 9.79 Å². The average molecular weight is 480 g/mol. The molecule has 5 rings (SSSR count). The fourth-order valence-corrected chi connectivity index (χ4v) is 4.96. The minimum absolute atomic E-state index is 0.00145. The molecule has 0 bridgehead atoms. The minimum Gasteiger partial charge on any atom is -0.405 e. The molecule has 1 aromatic carbocycles. The van der Waals surface area contributed by atoms with Gasteiger partial charge in [0.25, 0.3) is 0 Å². The Hall–Kier alpha value is -2.79. The maximum Gasteiger partial charge on any atom is 0.573 e. The molecule has 4 aliphatic heterocycles. The highest BCUT2D eigenvalue weighted by Gasteiger charge is 2.38. The SMILES string of the molecule is Cc1ccc(CN2CCC(C3=NC4=CN(C5CCOCC5)CN4C(=O)N3)C2)c(OC(F)(F)F)c1. The summed E-state index contributed by atoms with van der Waals surface area (Å²) in [4.78, 5) is 23.4. The molecule has 1 unspecified atom stereocenters. The number of aliphatic imine (C=N–C) groups is 1. The number of hydrogen-bond acceptors (Lipinski definition) is 6. The summed E-state index contributed by atoms with van der Waals surface area (Å²) in [5.74, 6) is 1.10. The molecule has 0 saturated carbocycles. The van der Waals surface area contributed by atoms with Crippen molar-refractivity contribution in [2.75, 3.05) is 33.0 Å². The second kappa shape index (κ2) is 9.10. The summed E-state index contributed by atoms with van der Waals surface area (Å²) in [7, 11) is 0. The number of alkyl halides is 3. The van der Waals surface area contributed by atoms with Gasteiger partial charge in [-0.2, -0.15) is 0 Å². The number of benzene rings is 1. The molecule has 0 aliphatic carbocycles. The van der Waals surface area contributed by atoms with Crippen molar-refractivity contribution in [2.45, 2.75) is 45.1 Å². The molecule has 4 heterocycles. The molecule has 2 amide bonds. The van der Waals surface area contributed by atoms with E-state index in [1.807, 2.05) is 6.20 Å². The van der Waals surface area contributed by atoms with Gasteiger partial charge in [0, 0.05) is 50.0 Å². The second-order valence-corrected chi connectivity index (χ2v) is 9.22. The Labute approximate surface area is 196 Å². The smallest absolute Gasteiger partial charge is 0.405 e. The largest absolute Gasteiger partial charge is 0.573 e. The van der Waals surface area contributed by atoms with E-state index in [1.165, 1.54) is 6.07 Å². The molecule has 0 spiro atoms. The highest BCUT2D eigenvalue weighted by atomic mass is 19.4. The number of likely N-dealkylation sites (tertiary alicyclic amines) is 1. The van der Waals surface area contributed by atoms with Crippen LogP contribution in [0.1, 0.15) is 30.4 Å². The number of urea groups is 1. The predicted octanol–water partition coefficient (Wildman–Crippen LogP) is 3.39. The number of nitrogens with zero attached hydrogens (tertiary/aromatic N) is 4. The van der Waals surface area contributed by atoms with Gasteiger partial charge in [-0.1, -0.05) is 12.1 Å². The van der Waals surface area contributed by atoms with Crippen molar-refractivity contribution in [3.63, 3.8) is 0 Å². The van der Waals surface area contributed by atoms with Crippen molar-refractivity contribution in [1.82, 2.24) is 20.0 Å². The number of halogens is 3. The Morgan fingerprint density at radius 2 is 2.03 bits per heavy atom. The Bertz CT molecular complexity index is 1010. The van der Waals surface area contributed by atoms with Crippen LogP contribution in [0.4, 0.5) is 18.0 Å². The predicted molar refractivity (Wildman–Crippen MR) is 118 cm³/mol. The summed E-state index contributed by atoms with van der Waals surface area (Å²) < 4.78 is 48.2. The van der Waals surface area contributed by atoms with E-state index in [2.05, 4.69) is 19.9 Å². The Morgan fingerprint density at radius 1 is 1.24 bits per heavy atom. The third-order valence-corrected chi connectivity index (χ3v) is 6.74. The number of nitrogens with one attached hydrogen (secondary N) is 1. The van der Waals surface area contributed by atoms with Crippen LogP contribution in [0.2, 0.25) is 0 Å². The van der Waals surface area contributed by atoms with E-state index >= 15 is 0 Å². The quantitative estimate of drug-likeness (QED) is 0.701. The first-order valence-corrected chi connectivity index (χ1v) is 11.6. The molecule has 0 aromatic heterocycles. The number of carbonyl (C=O) groups is 1. The van der Waals surface area contributed by atoms with Crippen LogP contribution in [0, 0.1) is 12.8 Å². The Morgan fingerprint density at radius 3 is 2.79 bits per heavy atom. The minimum atomic E-state index is -4.74. The number of aryl methyl sites for hydroxylation is 1. The third-order valence-electron chi connectivity index (χ3n) is 6.74. The van der Waals surface area contributed by atoms with Crippen molar-refractivity contribution in [3.05, 3.63) is 41.3 Å². The zero-order valence-electron chi connectivity index (χ0n) is 19.0. The van der Waals surface area contributed by atoms with E-state index < -0.39 is 6.36 Å². The molecule has 8 nitrogen and oxygen atoms in total. The van der Waals surface area contributed by atoms with E-state index in [9.17, 15) is 18.0 Å². The van der Waals surface area contributed by atoms with Crippen LogP contribution in [0.3, 0.4) is 0 Å². The number of fused-ring (bicyclic) bond motifs is 1. The van der Waals surface area contributed by atoms with Crippen molar-refractivity contribution in [1.29, 1.82) is 0 Å². The van der Waals surface area contributed by atoms with Gasteiger partial charge in [0.05, 0.1) is 0 Å². The lowest BCUT2D eigenvalue weighted by molar-refractivity contribution is -0.275. The van der Waals surface area contributed by atoms with Crippen LogP contribution >= 0.6 is 0 Å². The standard InChI is InChI=1S/C23H28F3N5O3/c1-15-2-3-16(19(10-15)34-23(24,25)26)11-29-7-4-17(12-29)21-27-20-13-30(14-31(20)22(32)28-21)18-5-8-33-9-6-18/h2-3,10,13,17-18H,4-9,11-12,14H2,1H3,(H,27,28,32). The molecule has 11 heteroatoms. The fraction of sp³-hybridized carbons (Fsp3) is 0.565. The Kier molecular flexibility index (Phi) is 6.15. The molecule has 1 atom stereocenters. The molecule has 2 fully saturated rings. The van der Waals surface area contributed by atoms with Gasteiger partial charge in [-0.05, 0) is 44.4 Å². The van der Waals surface area contributed by atoms with Crippen LogP contribution in [0.5, 0.6) is 5.75 Å². The van der Waals surface area contributed by atoms with Crippen molar-refractivity contribution in [2.24, 2.45) is 10.9 Å². The fourth-order valence-electron chi connectivity index (χ4n) is 4.96. The van der Waals surface area contributed by atoms with E-state index in [4.69, 9.17) is 9.73 Å². The molecule has 1 aromatic rings. The summed E-state index contributed by atoms with van der Waals surface area (Å²) >= 11 is 0. The zero-order chi connectivity index (χ0) is 23.9. The van der Waals surface area contributed by atoms with Gasteiger partial charge in [0.15, 0.2) is 5.82 Å². The lowest BCUT2D eigenvalue weighted by Gasteiger charge is -2.32. The molecular weight excluding hydrogens is 451 g/mol. The van der Waals surface area contributed by atoms with E-state index in [0.29, 0.717) is 55.1 Å². The van der Waals surface area contributed by atoms with Crippen molar-refractivity contribution >= 4 is 11.9 Å². The monoisotopic (exact) mass is 479 g/mol. The van der Waals surface area contributed by atoms with E-state index in [1.54, 1.807) is 24.0 Å². The summed E-state index contributed by atoms with van der Waals surface area (Å²) in [5, 5.41) is 2.93. The third kappa shape index (κ3) is 5.00. The Balaban J connectivity index is 1.26. The maximum absolute atomic E-state index is 12.9. The molecule has 4 aliphatic rings. The molecular formula is C23H28F3N5O3.